The van der Waals surface area contributed by atoms with Crippen LogP contribution in [-0.4, -0.2) is 24.0 Å². The fraction of sp³-hybridized carbons (Fsp3) is 0.143. The van der Waals surface area contributed by atoms with Crippen molar-refractivity contribution in [2.75, 3.05) is 23.8 Å². The molecule has 0 saturated carbocycles. The fourth-order valence-corrected chi connectivity index (χ4v) is 2.08. The monoisotopic (exact) mass is 255 g/mol. The normalized spacial score (nSPS) is 13.6. The number of aromatic nitrogens is 1. The Morgan fingerprint density at radius 3 is 3.00 bits per heavy atom. The summed E-state index contributed by atoms with van der Waals surface area (Å²) in [6.45, 7) is 0.960. The van der Waals surface area contributed by atoms with Gasteiger partial charge in [-0.05, 0) is 24.3 Å². The first kappa shape index (κ1) is 11.5. The molecule has 2 heterocycles. The molecule has 1 amide bonds. The Labute approximate surface area is 110 Å². The molecule has 0 atom stereocenters. The van der Waals surface area contributed by atoms with E-state index in [0.29, 0.717) is 30.3 Å². The Bertz CT molecular complexity index is 613. The highest BCUT2D eigenvalue weighted by atomic mass is 16.5. The molecule has 0 bridgehead atoms. The molecule has 1 aromatic heterocycles. The lowest BCUT2D eigenvalue weighted by molar-refractivity contribution is 0.0972. The Morgan fingerprint density at radius 2 is 2.21 bits per heavy atom. The number of amides is 1. The molecular formula is C14H13N3O2. The Kier molecular flexibility index (Phi) is 2.79. The van der Waals surface area contributed by atoms with Gasteiger partial charge in [0.1, 0.15) is 18.1 Å². The summed E-state index contributed by atoms with van der Waals surface area (Å²) >= 11 is 0. The summed E-state index contributed by atoms with van der Waals surface area (Å²) in [5.74, 6) is 0.505. The van der Waals surface area contributed by atoms with Crippen LogP contribution in [0, 0.1) is 0 Å². The first-order valence-corrected chi connectivity index (χ1v) is 6.01. The third-order valence-electron chi connectivity index (χ3n) is 2.98. The summed E-state index contributed by atoms with van der Waals surface area (Å²) in [7, 11) is 0. The van der Waals surface area contributed by atoms with Crippen LogP contribution < -0.4 is 15.4 Å². The Hall–Kier alpha value is -2.56. The number of nitrogens with two attached hydrogens (primary N) is 1. The smallest absolute Gasteiger partial charge is 0.277 e. The zero-order valence-corrected chi connectivity index (χ0v) is 10.2. The second kappa shape index (κ2) is 4.61. The first-order valence-electron chi connectivity index (χ1n) is 6.01. The number of fused-ring (bicyclic) bond motifs is 1. The van der Waals surface area contributed by atoms with Gasteiger partial charge in [-0.1, -0.05) is 6.07 Å². The largest absolute Gasteiger partial charge is 0.489 e. The van der Waals surface area contributed by atoms with E-state index in [-0.39, 0.29) is 5.91 Å². The van der Waals surface area contributed by atoms with E-state index in [1.54, 1.807) is 47.5 Å². The molecule has 2 N–H and O–H groups in total. The molecule has 2 aromatic rings. The summed E-state index contributed by atoms with van der Waals surface area (Å²) in [5, 5.41) is 0. The van der Waals surface area contributed by atoms with Crippen LogP contribution in [0.5, 0.6) is 5.75 Å². The summed E-state index contributed by atoms with van der Waals surface area (Å²) in [6.07, 6.45) is 1.61. The molecule has 5 heteroatoms. The summed E-state index contributed by atoms with van der Waals surface area (Å²) in [6, 6.07) is 10.6. The molecule has 5 nitrogen and oxygen atoms in total. The third-order valence-corrected chi connectivity index (χ3v) is 2.98. The van der Waals surface area contributed by atoms with Crippen molar-refractivity contribution >= 4 is 17.3 Å². The number of pyridine rings is 1. The number of carbonyl (C=O) groups is 1. The maximum atomic E-state index is 12.4. The molecule has 0 fully saturated rings. The highest BCUT2D eigenvalue weighted by molar-refractivity contribution is 6.06. The number of anilines is 2. The van der Waals surface area contributed by atoms with Crippen molar-refractivity contribution in [3.63, 3.8) is 0 Å². The predicted octanol–water partition coefficient (Wildman–Crippen LogP) is 1.70. The second-order valence-electron chi connectivity index (χ2n) is 4.25. The fourth-order valence-electron chi connectivity index (χ4n) is 2.08. The molecule has 1 aliphatic rings. The number of hydrogen-bond donors (Lipinski definition) is 1. The van der Waals surface area contributed by atoms with E-state index >= 15 is 0 Å². The van der Waals surface area contributed by atoms with Crippen molar-refractivity contribution in [2.45, 2.75) is 0 Å². The van der Waals surface area contributed by atoms with Crippen molar-refractivity contribution in [3.05, 3.63) is 48.3 Å². The van der Waals surface area contributed by atoms with E-state index in [9.17, 15) is 4.79 Å². The average Bonchev–Trinajstić information content (AvgIpc) is 2.46. The van der Waals surface area contributed by atoms with Crippen molar-refractivity contribution in [3.8, 4) is 5.75 Å². The van der Waals surface area contributed by atoms with Crippen molar-refractivity contribution in [1.82, 2.24) is 4.98 Å². The molecule has 0 radical (unpaired) electrons. The minimum atomic E-state index is -0.130. The summed E-state index contributed by atoms with van der Waals surface area (Å²) in [5.41, 5.74) is 7.49. The van der Waals surface area contributed by atoms with Crippen LogP contribution in [0.3, 0.4) is 0 Å². The molecule has 0 aliphatic carbocycles. The molecule has 96 valence electrons. The number of carbonyl (C=O) groups excluding carboxylic acids is 1. The van der Waals surface area contributed by atoms with Gasteiger partial charge in [-0.15, -0.1) is 0 Å². The van der Waals surface area contributed by atoms with Gasteiger partial charge in [0.05, 0.1) is 12.2 Å². The molecule has 19 heavy (non-hydrogen) atoms. The van der Waals surface area contributed by atoms with Crippen LogP contribution >= 0.6 is 0 Å². The maximum absolute atomic E-state index is 12.4. The highest BCUT2D eigenvalue weighted by Gasteiger charge is 2.25. The first-order chi connectivity index (χ1) is 9.25. The third kappa shape index (κ3) is 2.10. The van der Waals surface area contributed by atoms with Gasteiger partial charge in [0.2, 0.25) is 0 Å². The van der Waals surface area contributed by atoms with Crippen LogP contribution in [-0.2, 0) is 0 Å². The van der Waals surface area contributed by atoms with E-state index in [1.165, 1.54) is 0 Å². The van der Waals surface area contributed by atoms with Crippen LogP contribution in [0.2, 0.25) is 0 Å². The lowest BCUT2D eigenvalue weighted by Gasteiger charge is -2.29. The zero-order chi connectivity index (χ0) is 13.2. The molecule has 0 spiro atoms. The second-order valence-corrected chi connectivity index (χ2v) is 4.25. The van der Waals surface area contributed by atoms with Gasteiger partial charge in [-0.3, -0.25) is 9.78 Å². The van der Waals surface area contributed by atoms with E-state index < -0.39 is 0 Å². The number of hydrogen-bond acceptors (Lipinski definition) is 4. The molecule has 0 saturated heterocycles. The van der Waals surface area contributed by atoms with Crippen LogP contribution in [0.4, 0.5) is 11.4 Å². The van der Waals surface area contributed by atoms with Gasteiger partial charge in [-0.25, -0.2) is 0 Å². The van der Waals surface area contributed by atoms with Gasteiger partial charge in [-0.2, -0.15) is 0 Å². The van der Waals surface area contributed by atoms with Crippen molar-refractivity contribution < 1.29 is 9.53 Å². The number of ether oxygens (including phenoxy) is 1. The number of nitrogen functional groups attached to an aromatic ring is 1. The SMILES string of the molecule is Nc1ccc2c(c1)OCCN2C(=O)c1ccccn1. The predicted molar refractivity (Wildman–Crippen MR) is 72.3 cm³/mol. The van der Waals surface area contributed by atoms with Gasteiger partial charge in [0, 0.05) is 18.0 Å². The lowest BCUT2D eigenvalue weighted by atomic mass is 10.2. The van der Waals surface area contributed by atoms with Crippen molar-refractivity contribution in [2.24, 2.45) is 0 Å². The van der Waals surface area contributed by atoms with Gasteiger partial charge in [0.25, 0.3) is 5.91 Å². The number of benzene rings is 1. The molecular weight excluding hydrogens is 242 g/mol. The van der Waals surface area contributed by atoms with E-state index in [4.69, 9.17) is 10.5 Å². The Morgan fingerprint density at radius 1 is 1.32 bits per heavy atom. The van der Waals surface area contributed by atoms with Crippen molar-refractivity contribution in [1.29, 1.82) is 0 Å². The zero-order valence-electron chi connectivity index (χ0n) is 10.2. The molecule has 0 unspecified atom stereocenters. The molecule has 1 aliphatic heterocycles. The average molecular weight is 255 g/mol. The standard InChI is InChI=1S/C14H13N3O2/c15-10-4-5-12-13(9-10)19-8-7-17(12)14(18)11-3-1-2-6-16-11/h1-6,9H,7-8,15H2. The minimum absolute atomic E-state index is 0.130. The van der Waals surface area contributed by atoms with Crippen LogP contribution in [0.25, 0.3) is 0 Å². The van der Waals surface area contributed by atoms with Gasteiger partial charge < -0.3 is 15.4 Å². The topological polar surface area (TPSA) is 68.5 Å². The van der Waals surface area contributed by atoms with Crippen LogP contribution in [0.1, 0.15) is 10.5 Å². The minimum Gasteiger partial charge on any atom is -0.489 e. The van der Waals surface area contributed by atoms with Gasteiger partial charge >= 0.3 is 0 Å². The van der Waals surface area contributed by atoms with Gasteiger partial charge in [0.15, 0.2) is 0 Å². The highest BCUT2D eigenvalue weighted by Crippen LogP contribution is 2.33. The number of rotatable bonds is 1. The Balaban J connectivity index is 1.98. The maximum Gasteiger partial charge on any atom is 0.277 e. The molecule has 1 aromatic carbocycles. The summed E-state index contributed by atoms with van der Waals surface area (Å²) < 4.78 is 5.53. The number of nitrogens with zero attached hydrogens (tertiary/aromatic N) is 2. The van der Waals surface area contributed by atoms with E-state index in [0.717, 1.165) is 5.69 Å². The lowest BCUT2D eigenvalue weighted by Crippen LogP contribution is -2.38. The van der Waals surface area contributed by atoms with E-state index in [2.05, 4.69) is 4.98 Å². The van der Waals surface area contributed by atoms with E-state index in [1.807, 2.05) is 0 Å². The summed E-state index contributed by atoms with van der Waals surface area (Å²) in [4.78, 5) is 18.2. The van der Waals surface area contributed by atoms with Crippen LogP contribution in [0.15, 0.2) is 42.6 Å². The molecule has 3 rings (SSSR count). The quantitative estimate of drug-likeness (QED) is 0.787.